The van der Waals surface area contributed by atoms with Gasteiger partial charge in [0.15, 0.2) is 0 Å². The van der Waals surface area contributed by atoms with Crippen molar-refractivity contribution in [2.75, 3.05) is 20.1 Å². The fourth-order valence-corrected chi connectivity index (χ4v) is 3.27. The van der Waals surface area contributed by atoms with Crippen LogP contribution < -0.4 is 11.1 Å². The number of nitrogens with one attached hydrogen (secondary N) is 1. The average molecular weight is 307 g/mol. The second kappa shape index (κ2) is 7.47. The van der Waals surface area contributed by atoms with Crippen LogP contribution >= 0.6 is 0 Å². The van der Waals surface area contributed by atoms with Crippen LogP contribution in [0.15, 0.2) is 22.8 Å². The zero-order valence-electron chi connectivity index (χ0n) is 14.5. The number of hydrogen-bond donors (Lipinski definition) is 2. The third kappa shape index (κ3) is 4.90. The summed E-state index contributed by atoms with van der Waals surface area (Å²) in [5.74, 6) is -0.128. The van der Waals surface area contributed by atoms with Gasteiger partial charge in [-0.25, -0.2) is 4.79 Å². The van der Waals surface area contributed by atoms with Gasteiger partial charge in [-0.15, -0.1) is 0 Å². The second-order valence-corrected chi connectivity index (χ2v) is 6.77. The van der Waals surface area contributed by atoms with E-state index in [0.717, 1.165) is 18.4 Å². The van der Waals surface area contributed by atoms with Crippen LogP contribution in [0.5, 0.6) is 0 Å². The molecule has 5 nitrogen and oxygen atoms in total. The first-order valence-electron chi connectivity index (χ1n) is 7.82. The normalized spacial score (nSPS) is 18.1. The molecular formula is C17H29N3O2. The number of nitrogens with two attached hydrogens (primary N) is 1. The van der Waals surface area contributed by atoms with Crippen molar-refractivity contribution in [2.45, 2.75) is 47.0 Å². The number of hydrogen-bond acceptors (Lipinski definition) is 2. The smallest absolute Gasteiger partial charge is 0.314 e. The lowest BCUT2D eigenvalue weighted by atomic mass is 9.70. The molecule has 22 heavy (non-hydrogen) atoms. The summed E-state index contributed by atoms with van der Waals surface area (Å²) in [5, 5.41) is 2.79. The molecule has 0 saturated heterocycles. The summed E-state index contributed by atoms with van der Waals surface area (Å²) >= 11 is 0. The number of primary amides is 1. The Morgan fingerprint density at radius 3 is 2.59 bits per heavy atom. The molecule has 1 rings (SSSR count). The highest BCUT2D eigenvalue weighted by molar-refractivity contribution is 5.89. The quantitative estimate of drug-likeness (QED) is 0.766. The van der Waals surface area contributed by atoms with Crippen molar-refractivity contribution < 1.29 is 9.59 Å². The summed E-state index contributed by atoms with van der Waals surface area (Å²) in [5.41, 5.74) is 8.97. The zero-order valence-corrected chi connectivity index (χ0v) is 14.5. The SMILES string of the molecule is CC(=CC(=O)NCCN(C)C(N)=O)C1=C(C)CCCC1(C)C. The van der Waals surface area contributed by atoms with E-state index in [0.29, 0.717) is 13.1 Å². The molecule has 0 aliphatic heterocycles. The van der Waals surface area contributed by atoms with Gasteiger partial charge in [0, 0.05) is 26.2 Å². The van der Waals surface area contributed by atoms with Crippen LogP contribution in [0.4, 0.5) is 4.79 Å². The first kappa shape index (κ1) is 18.3. The summed E-state index contributed by atoms with van der Waals surface area (Å²) in [4.78, 5) is 24.3. The highest BCUT2D eigenvalue weighted by Gasteiger charge is 2.29. The molecule has 0 aromatic heterocycles. The minimum absolute atomic E-state index is 0.120. The summed E-state index contributed by atoms with van der Waals surface area (Å²) in [6, 6.07) is -0.495. The van der Waals surface area contributed by atoms with Crippen LogP contribution in [-0.4, -0.2) is 37.0 Å². The molecule has 0 bridgehead atoms. The molecule has 3 amide bonds. The van der Waals surface area contributed by atoms with Crippen molar-refractivity contribution in [3.8, 4) is 0 Å². The van der Waals surface area contributed by atoms with Crippen LogP contribution in [0.2, 0.25) is 0 Å². The maximum Gasteiger partial charge on any atom is 0.314 e. The van der Waals surface area contributed by atoms with Crippen LogP contribution in [0.25, 0.3) is 0 Å². The largest absolute Gasteiger partial charge is 0.351 e. The zero-order chi connectivity index (χ0) is 16.9. The minimum Gasteiger partial charge on any atom is -0.351 e. The van der Waals surface area contributed by atoms with Gasteiger partial charge in [-0.2, -0.15) is 0 Å². The molecule has 1 aliphatic rings. The fraction of sp³-hybridized carbons (Fsp3) is 0.647. The topological polar surface area (TPSA) is 75.4 Å². The molecule has 124 valence electrons. The predicted octanol–water partition coefficient (Wildman–Crippen LogP) is 2.59. The molecule has 0 fully saturated rings. The Bertz CT molecular complexity index is 504. The van der Waals surface area contributed by atoms with Gasteiger partial charge in [0.1, 0.15) is 0 Å². The van der Waals surface area contributed by atoms with Crippen molar-refractivity contribution in [1.82, 2.24) is 10.2 Å². The van der Waals surface area contributed by atoms with Gasteiger partial charge in [-0.3, -0.25) is 4.79 Å². The number of rotatable bonds is 5. The summed E-state index contributed by atoms with van der Waals surface area (Å²) < 4.78 is 0. The van der Waals surface area contributed by atoms with E-state index in [1.54, 1.807) is 13.1 Å². The van der Waals surface area contributed by atoms with E-state index in [-0.39, 0.29) is 11.3 Å². The Morgan fingerprint density at radius 2 is 2.05 bits per heavy atom. The first-order chi connectivity index (χ1) is 10.1. The van der Waals surface area contributed by atoms with E-state index in [1.165, 1.54) is 22.5 Å². The molecule has 1 aliphatic carbocycles. The van der Waals surface area contributed by atoms with E-state index in [1.807, 2.05) is 6.92 Å². The maximum absolute atomic E-state index is 12.0. The number of carbonyl (C=O) groups is 2. The summed E-state index contributed by atoms with van der Waals surface area (Å²) in [6.07, 6.45) is 5.13. The van der Waals surface area contributed by atoms with Gasteiger partial charge in [-0.1, -0.05) is 19.4 Å². The van der Waals surface area contributed by atoms with E-state index >= 15 is 0 Å². The Hall–Kier alpha value is -1.78. The van der Waals surface area contributed by atoms with Crippen molar-refractivity contribution in [3.05, 3.63) is 22.8 Å². The Kier molecular flexibility index (Phi) is 6.21. The Morgan fingerprint density at radius 1 is 1.41 bits per heavy atom. The third-order valence-corrected chi connectivity index (χ3v) is 4.32. The molecule has 0 radical (unpaired) electrons. The standard InChI is InChI=1S/C17H29N3O2/c1-12-7-6-8-17(3,4)15(12)13(2)11-14(21)19-9-10-20(5)16(18)22/h11H,6-10H2,1-5H3,(H2,18,22)(H,19,21). The molecule has 3 N–H and O–H groups in total. The summed E-state index contributed by atoms with van der Waals surface area (Å²) in [7, 11) is 1.61. The van der Waals surface area contributed by atoms with E-state index in [2.05, 4.69) is 26.1 Å². The lowest BCUT2D eigenvalue weighted by molar-refractivity contribution is -0.116. The predicted molar refractivity (Wildman–Crippen MR) is 89.3 cm³/mol. The van der Waals surface area contributed by atoms with Gasteiger partial charge < -0.3 is 16.0 Å². The molecule has 0 spiro atoms. The number of amides is 3. The Balaban J connectivity index is 2.68. The van der Waals surface area contributed by atoms with Crippen LogP contribution in [-0.2, 0) is 4.79 Å². The van der Waals surface area contributed by atoms with Crippen LogP contribution in [0.3, 0.4) is 0 Å². The highest BCUT2D eigenvalue weighted by atomic mass is 16.2. The minimum atomic E-state index is -0.495. The molecule has 0 heterocycles. The van der Waals surface area contributed by atoms with Crippen LogP contribution in [0.1, 0.15) is 47.0 Å². The maximum atomic E-state index is 12.0. The molecule has 0 saturated carbocycles. The average Bonchev–Trinajstić information content (AvgIpc) is 2.36. The Labute approximate surface area is 133 Å². The molecule has 0 aromatic carbocycles. The number of carbonyl (C=O) groups excluding carboxylic acids is 2. The molecule has 0 aromatic rings. The van der Waals surface area contributed by atoms with Crippen molar-refractivity contribution in [1.29, 1.82) is 0 Å². The molecule has 0 unspecified atom stereocenters. The van der Waals surface area contributed by atoms with E-state index in [9.17, 15) is 9.59 Å². The number of urea groups is 1. The van der Waals surface area contributed by atoms with Gasteiger partial charge in [-0.05, 0) is 49.7 Å². The lowest BCUT2D eigenvalue weighted by Crippen LogP contribution is -2.38. The highest BCUT2D eigenvalue weighted by Crippen LogP contribution is 2.43. The van der Waals surface area contributed by atoms with Crippen molar-refractivity contribution in [2.24, 2.45) is 11.1 Å². The molecule has 5 heteroatoms. The van der Waals surface area contributed by atoms with Gasteiger partial charge in [0.05, 0.1) is 0 Å². The first-order valence-corrected chi connectivity index (χ1v) is 7.82. The van der Waals surface area contributed by atoms with Crippen LogP contribution in [0, 0.1) is 5.41 Å². The monoisotopic (exact) mass is 307 g/mol. The van der Waals surface area contributed by atoms with E-state index < -0.39 is 6.03 Å². The van der Waals surface area contributed by atoms with Gasteiger partial charge in [0.25, 0.3) is 0 Å². The van der Waals surface area contributed by atoms with Crippen molar-refractivity contribution in [3.63, 3.8) is 0 Å². The lowest BCUT2D eigenvalue weighted by Gasteiger charge is -2.35. The molecule has 0 atom stereocenters. The number of likely N-dealkylation sites (N-methyl/N-ethyl adjacent to an activating group) is 1. The third-order valence-electron chi connectivity index (χ3n) is 4.32. The second-order valence-electron chi connectivity index (χ2n) is 6.77. The fourth-order valence-electron chi connectivity index (χ4n) is 3.27. The number of nitrogens with zero attached hydrogens (tertiary/aromatic N) is 1. The van der Waals surface area contributed by atoms with Gasteiger partial charge in [0.2, 0.25) is 5.91 Å². The van der Waals surface area contributed by atoms with E-state index in [4.69, 9.17) is 5.73 Å². The van der Waals surface area contributed by atoms with Crippen molar-refractivity contribution >= 4 is 11.9 Å². The number of allylic oxidation sites excluding steroid dienone is 3. The molecular weight excluding hydrogens is 278 g/mol. The summed E-state index contributed by atoms with van der Waals surface area (Å²) in [6.45, 7) is 9.43. The van der Waals surface area contributed by atoms with Gasteiger partial charge >= 0.3 is 6.03 Å².